The molecular weight excluding hydrogens is 321 g/mol. The number of nitrogens with zero attached hydrogens (tertiary/aromatic N) is 3. The Labute approximate surface area is 139 Å². The van der Waals surface area contributed by atoms with E-state index in [-0.39, 0.29) is 5.91 Å². The van der Waals surface area contributed by atoms with Crippen molar-refractivity contribution in [2.45, 2.75) is 26.2 Å². The Balaban J connectivity index is 1.91. The van der Waals surface area contributed by atoms with E-state index in [1.165, 1.54) is 6.42 Å². The van der Waals surface area contributed by atoms with Gasteiger partial charge in [0.15, 0.2) is 0 Å². The van der Waals surface area contributed by atoms with Crippen molar-refractivity contribution in [2.24, 2.45) is 0 Å². The molecule has 0 atom stereocenters. The normalized spacial score (nSPS) is 15.1. The molecule has 116 valence electrons. The number of benzene rings is 1. The van der Waals surface area contributed by atoms with E-state index in [2.05, 4.69) is 5.10 Å². The van der Waals surface area contributed by atoms with Gasteiger partial charge in [0, 0.05) is 13.1 Å². The van der Waals surface area contributed by atoms with Gasteiger partial charge in [0.05, 0.1) is 33.2 Å². The second-order valence-electron chi connectivity index (χ2n) is 5.51. The first kappa shape index (κ1) is 15.4. The lowest BCUT2D eigenvalue weighted by Crippen LogP contribution is -2.35. The van der Waals surface area contributed by atoms with Gasteiger partial charge in [-0.1, -0.05) is 23.2 Å². The molecular formula is C16H17Cl2N3O. The molecule has 0 aliphatic carbocycles. The molecule has 0 spiro atoms. The Morgan fingerprint density at radius 3 is 2.55 bits per heavy atom. The van der Waals surface area contributed by atoms with Gasteiger partial charge in [-0.25, -0.2) is 4.68 Å². The standard InChI is InChI=1S/C16H17Cl2N3O/c1-11-13(16(22)20-7-3-2-4-8-20)10-19-21(11)12-5-6-14(17)15(18)9-12/h5-6,9-10H,2-4,7-8H2,1H3. The number of hydrogen-bond acceptors (Lipinski definition) is 2. The summed E-state index contributed by atoms with van der Waals surface area (Å²) in [5.41, 5.74) is 2.26. The number of carbonyl (C=O) groups excluding carboxylic acids is 1. The molecule has 2 aromatic rings. The summed E-state index contributed by atoms with van der Waals surface area (Å²) in [4.78, 5) is 14.5. The van der Waals surface area contributed by atoms with Crippen molar-refractivity contribution in [1.82, 2.24) is 14.7 Å². The quantitative estimate of drug-likeness (QED) is 0.826. The van der Waals surface area contributed by atoms with Crippen LogP contribution in [0, 0.1) is 6.92 Å². The highest BCUT2D eigenvalue weighted by Crippen LogP contribution is 2.25. The Kier molecular flexibility index (Phi) is 4.41. The zero-order valence-electron chi connectivity index (χ0n) is 12.4. The zero-order valence-corrected chi connectivity index (χ0v) is 13.9. The highest BCUT2D eigenvalue weighted by atomic mass is 35.5. The number of likely N-dealkylation sites (tertiary alicyclic amines) is 1. The van der Waals surface area contributed by atoms with Gasteiger partial charge in [-0.2, -0.15) is 5.10 Å². The fraction of sp³-hybridized carbons (Fsp3) is 0.375. The van der Waals surface area contributed by atoms with Crippen LogP contribution in [0.5, 0.6) is 0 Å². The van der Waals surface area contributed by atoms with E-state index in [1.807, 2.05) is 17.9 Å². The van der Waals surface area contributed by atoms with Crippen molar-refractivity contribution in [3.63, 3.8) is 0 Å². The molecule has 2 heterocycles. The third-order valence-corrected chi connectivity index (χ3v) is 4.77. The molecule has 0 unspecified atom stereocenters. The van der Waals surface area contributed by atoms with Crippen LogP contribution in [0.1, 0.15) is 35.3 Å². The van der Waals surface area contributed by atoms with Crippen LogP contribution in [0.2, 0.25) is 10.0 Å². The molecule has 1 amide bonds. The third kappa shape index (κ3) is 2.85. The summed E-state index contributed by atoms with van der Waals surface area (Å²) in [6, 6.07) is 5.31. The van der Waals surface area contributed by atoms with Crippen LogP contribution in [0.4, 0.5) is 0 Å². The smallest absolute Gasteiger partial charge is 0.257 e. The SMILES string of the molecule is Cc1c(C(=O)N2CCCCC2)cnn1-c1ccc(Cl)c(Cl)c1. The van der Waals surface area contributed by atoms with Crippen LogP contribution >= 0.6 is 23.2 Å². The predicted octanol–water partition coefficient (Wildman–Crippen LogP) is 4.11. The first-order valence-electron chi connectivity index (χ1n) is 7.37. The second-order valence-corrected chi connectivity index (χ2v) is 6.32. The first-order valence-corrected chi connectivity index (χ1v) is 8.13. The van der Waals surface area contributed by atoms with Gasteiger partial charge < -0.3 is 4.90 Å². The minimum absolute atomic E-state index is 0.0588. The molecule has 0 saturated carbocycles. The van der Waals surface area contributed by atoms with Crippen LogP contribution in [-0.2, 0) is 0 Å². The van der Waals surface area contributed by atoms with Crippen LogP contribution in [0.25, 0.3) is 5.69 Å². The molecule has 22 heavy (non-hydrogen) atoms. The molecule has 1 fully saturated rings. The molecule has 1 aliphatic heterocycles. The summed E-state index contributed by atoms with van der Waals surface area (Å²) in [6.45, 7) is 3.55. The molecule has 1 aromatic carbocycles. The van der Waals surface area contributed by atoms with Crippen molar-refractivity contribution in [1.29, 1.82) is 0 Å². The lowest BCUT2D eigenvalue weighted by Gasteiger charge is -2.26. The largest absolute Gasteiger partial charge is 0.339 e. The van der Waals surface area contributed by atoms with Gasteiger partial charge >= 0.3 is 0 Å². The number of aromatic nitrogens is 2. The van der Waals surface area contributed by atoms with Crippen LogP contribution in [0.15, 0.2) is 24.4 Å². The summed E-state index contributed by atoms with van der Waals surface area (Å²) in [7, 11) is 0. The van der Waals surface area contributed by atoms with Crippen LogP contribution in [0.3, 0.4) is 0 Å². The molecule has 1 aliphatic rings. The van der Waals surface area contributed by atoms with Gasteiger partial charge in [0.25, 0.3) is 5.91 Å². The summed E-state index contributed by atoms with van der Waals surface area (Å²) < 4.78 is 1.72. The number of piperidine rings is 1. The van der Waals surface area contributed by atoms with Gasteiger partial charge in [0.1, 0.15) is 0 Å². The molecule has 1 saturated heterocycles. The van der Waals surface area contributed by atoms with Gasteiger partial charge in [-0.15, -0.1) is 0 Å². The molecule has 0 bridgehead atoms. The van der Waals surface area contributed by atoms with Crippen LogP contribution < -0.4 is 0 Å². The monoisotopic (exact) mass is 337 g/mol. The Morgan fingerprint density at radius 1 is 1.14 bits per heavy atom. The van der Waals surface area contributed by atoms with E-state index >= 15 is 0 Å². The predicted molar refractivity (Wildman–Crippen MR) is 88.1 cm³/mol. The molecule has 3 rings (SSSR count). The van der Waals surface area contributed by atoms with E-state index < -0.39 is 0 Å². The number of amides is 1. The molecule has 6 heteroatoms. The minimum atomic E-state index is 0.0588. The summed E-state index contributed by atoms with van der Waals surface area (Å²) >= 11 is 12.0. The molecule has 4 nitrogen and oxygen atoms in total. The maximum atomic E-state index is 12.6. The fourth-order valence-corrected chi connectivity index (χ4v) is 3.06. The van der Waals surface area contributed by atoms with Crippen molar-refractivity contribution < 1.29 is 4.79 Å². The van der Waals surface area contributed by atoms with Crippen molar-refractivity contribution in [3.05, 3.63) is 45.7 Å². The third-order valence-electron chi connectivity index (χ3n) is 4.03. The summed E-state index contributed by atoms with van der Waals surface area (Å²) in [5.74, 6) is 0.0588. The Hall–Kier alpha value is -1.52. The molecule has 0 N–H and O–H groups in total. The van der Waals surface area contributed by atoms with Crippen LogP contribution in [-0.4, -0.2) is 33.7 Å². The van der Waals surface area contributed by atoms with Gasteiger partial charge in [0.2, 0.25) is 0 Å². The van der Waals surface area contributed by atoms with Gasteiger partial charge in [-0.05, 0) is 44.4 Å². The first-order chi connectivity index (χ1) is 10.6. The maximum absolute atomic E-state index is 12.6. The fourth-order valence-electron chi connectivity index (χ4n) is 2.76. The second kappa shape index (κ2) is 6.31. The lowest BCUT2D eigenvalue weighted by molar-refractivity contribution is 0.0723. The minimum Gasteiger partial charge on any atom is -0.339 e. The Morgan fingerprint density at radius 2 is 1.86 bits per heavy atom. The summed E-state index contributed by atoms with van der Waals surface area (Å²) in [5, 5.41) is 5.31. The van der Waals surface area contributed by atoms with E-state index in [0.717, 1.165) is 37.3 Å². The Bertz CT molecular complexity index is 705. The molecule has 1 aromatic heterocycles. The highest BCUT2D eigenvalue weighted by molar-refractivity contribution is 6.42. The highest BCUT2D eigenvalue weighted by Gasteiger charge is 2.22. The average Bonchev–Trinajstić information content (AvgIpc) is 2.92. The summed E-state index contributed by atoms with van der Waals surface area (Å²) in [6.07, 6.45) is 4.98. The van der Waals surface area contributed by atoms with Gasteiger partial charge in [-0.3, -0.25) is 4.79 Å². The van der Waals surface area contributed by atoms with E-state index in [9.17, 15) is 4.79 Å². The number of carbonyl (C=O) groups is 1. The molecule has 0 radical (unpaired) electrons. The number of rotatable bonds is 2. The van der Waals surface area contributed by atoms with Crippen molar-refractivity contribution >= 4 is 29.1 Å². The average molecular weight is 338 g/mol. The van der Waals surface area contributed by atoms with E-state index in [1.54, 1.807) is 23.0 Å². The van der Waals surface area contributed by atoms with E-state index in [4.69, 9.17) is 23.2 Å². The number of halogens is 2. The maximum Gasteiger partial charge on any atom is 0.257 e. The van der Waals surface area contributed by atoms with E-state index in [0.29, 0.717) is 15.6 Å². The zero-order chi connectivity index (χ0) is 15.7. The number of hydrogen-bond donors (Lipinski definition) is 0. The topological polar surface area (TPSA) is 38.1 Å². The lowest BCUT2D eigenvalue weighted by atomic mass is 10.1. The van der Waals surface area contributed by atoms with Crippen molar-refractivity contribution in [3.8, 4) is 5.69 Å². The van der Waals surface area contributed by atoms with Crippen molar-refractivity contribution in [2.75, 3.05) is 13.1 Å².